The molecule has 1 atom stereocenters. The Morgan fingerprint density at radius 1 is 1.35 bits per heavy atom. The van der Waals surface area contributed by atoms with Crippen LogP contribution in [-0.2, 0) is 0 Å². The lowest BCUT2D eigenvalue weighted by molar-refractivity contribution is 0.371. The molecule has 1 aromatic carbocycles. The summed E-state index contributed by atoms with van der Waals surface area (Å²) in [5, 5.41) is 7.63. The van der Waals surface area contributed by atoms with Gasteiger partial charge in [0.25, 0.3) is 0 Å². The molecule has 2 aromatic rings. The highest BCUT2D eigenvalue weighted by Crippen LogP contribution is 2.41. The Bertz CT molecular complexity index is 571. The zero-order valence-electron chi connectivity index (χ0n) is 12.0. The molecular formula is C17H22BrNS. The van der Waals surface area contributed by atoms with Gasteiger partial charge in [0.05, 0.1) is 0 Å². The van der Waals surface area contributed by atoms with Gasteiger partial charge in [-0.05, 0) is 70.1 Å². The smallest absolute Gasteiger partial charge is 0.0488 e. The van der Waals surface area contributed by atoms with E-state index in [0.717, 1.165) is 12.5 Å². The van der Waals surface area contributed by atoms with Crippen LogP contribution in [0.2, 0.25) is 0 Å². The van der Waals surface area contributed by atoms with Crippen molar-refractivity contribution < 1.29 is 0 Å². The van der Waals surface area contributed by atoms with E-state index in [1.165, 1.54) is 52.2 Å². The van der Waals surface area contributed by atoms with Gasteiger partial charge in [-0.3, -0.25) is 0 Å². The maximum absolute atomic E-state index is 3.82. The van der Waals surface area contributed by atoms with Crippen LogP contribution in [0, 0.1) is 5.92 Å². The summed E-state index contributed by atoms with van der Waals surface area (Å²) in [6.07, 6.45) is 6.77. The van der Waals surface area contributed by atoms with Gasteiger partial charge in [-0.25, -0.2) is 0 Å². The molecule has 1 aliphatic rings. The van der Waals surface area contributed by atoms with Gasteiger partial charge >= 0.3 is 0 Å². The average molecular weight is 352 g/mol. The van der Waals surface area contributed by atoms with Gasteiger partial charge in [-0.15, -0.1) is 11.3 Å². The van der Waals surface area contributed by atoms with Crippen LogP contribution in [0.5, 0.6) is 0 Å². The van der Waals surface area contributed by atoms with E-state index >= 15 is 0 Å². The third-order valence-corrected chi connectivity index (χ3v) is 6.37. The van der Waals surface area contributed by atoms with Crippen LogP contribution in [0.1, 0.15) is 50.6 Å². The van der Waals surface area contributed by atoms with Crippen molar-refractivity contribution in [2.24, 2.45) is 5.92 Å². The van der Waals surface area contributed by atoms with Gasteiger partial charge < -0.3 is 5.32 Å². The molecule has 0 saturated heterocycles. The fraction of sp³-hybridized carbons (Fsp3) is 0.529. The second-order valence-electron chi connectivity index (χ2n) is 5.78. The van der Waals surface area contributed by atoms with Crippen molar-refractivity contribution in [2.75, 3.05) is 6.54 Å². The fourth-order valence-corrected chi connectivity index (χ4v) is 5.06. The monoisotopic (exact) mass is 351 g/mol. The fourth-order valence-electron chi connectivity index (χ4n) is 3.40. The maximum atomic E-state index is 3.82. The Balaban J connectivity index is 1.97. The van der Waals surface area contributed by atoms with E-state index in [2.05, 4.69) is 51.7 Å². The summed E-state index contributed by atoms with van der Waals surface area (Å²) in [5.41, 5.74) is 1.52. The Morgan fingerprint density at radius 3 is 2.90 bits per heavy atom. The first-order chi connectivity index (χ1) is 9.81. The quantitative estimate of drug-likeness (QED) is 0.707. The molecule has 1 N–H and O–H groups in total. The van der Waals surface area contributed by atoms with Crippen molar-refractivity contribution in [1.29, 1.82) is 0 Å². The Kier molecular flexibility index (Phi) is 4.79. The van der Waals surface area contributed by atoms with Gasteiger partial charge in [-0.2, -0.15) is 0 Å². The molecule has 3 rings (SSSR count). The highest BCUT2D eigenvalue weighted by molar-refractivity contribution is 9.10. The second-order valence-corrected chi connectivity index (χ2v) is 7.52. The lowest BCUT2D eigenvalue weighted by Gasteiger charge is -2.24. The minimum Gasteiger partial charge on any atom is -0.310 e. The standard InChI is InChI=1S/C17H22BrNS/c1-2-10-19-16(12-6-3-4-7-12)14-11-20-17-13(14)8-5-9-15(17)18/h5,8-9,11-12,16,19H,2-4,6-7,10H2,1H3. The van der Waals surface area contributed by atoms with Crippen LogP contribution in [0.3, 0.4) is 0 Å². The molecule has 0 radical (unpaired) electrons. The molecule has 108 valence electrons. The number of hydrogen-bond donors (Lipinski definition) is 1. The Morgan fingerprint density at radius 2 is 2.15 bits per heavy atom. The molecule has 3 heteroatoms. The van der Waals surface area contributed by atoms with Crippen LogP contribution >= 0.6 is 27.3 Å². The van der Waals surface area contributed by atoms with E-state index < -0.39 is 0 Å². The first-order valence-electron chi connectivity index (χ1n) is 7.70. The van der Waals surface area contributed by atoms with Gasteiger partial charge in [0.15, 0.2) is 0 Å². The molecule has 1 saturated carbocycles. The van der Waals surface area contributed by atoms with E-state index in [9.17, 15) is 0 Å². The summed E-state index contributed by atoms with van der Waals surface area (Å²) in [5.74, 6) is 0.818. The molecule has 20 heavy (non-hydrogen) atoms. The highest BCUT2D eigenvalue weighted by Gasteiger charge is 2.27. The summed E-state index contributed by atoms with van der Waals surface area (Å²) < 4.78 is 2.62. The molecule has 1 aromatic heterocycles. The molecule has 0 aliphatic heterocycles. The molecule has 0 amide bonds. The number of hydrogen-bond acceptors (Lipinski definition) is 2. The number of thiophene rings is 1. The van der Waals surface area contributed by atoms with Crippen LogP contribution in [0.25, 0.3) is 10.1 Å². The maximum Gasteiger partial charge on any atom is 0.0488 e. The van der Waals surface area contributed by atoms with Crippen molar-refractivity contribution >= 4 is 37.4 Å². The minimum absolute atomic E-state index is 0.542. The number of fused-ring (bicyclic) bond motifs is 1. The van der Waals surface area contributed by atoms with Crippen molar-refractivity contribution in [3.8, 4) is 0 Å². The second kappa shape index (κ2) is 6.59. The van der Waals surface area contributed by atoms with Crippen molar-refractivity contribution in [1.82, 2.24) is 5.32 Å². The molecule has 1 nitrogen and oxygen atoms in total. The third kappa shape index (κ3) is 2.81. The number of benzene rings is 1. The third-order valence-electron chi connectivity index (χ3n) is 4.40. The first kappa shape index (κ1) is 14.6. The lowest BCUT2D eigenvalue weighted by atomic mass is 9.91. The molecule has 0 bridgehead atoms. The van der Waals surface area contributed by atoms with E-state index in [-0.39, 0.29) is 0 Å². The molecule has 1 aliphatic carbocycles. The largest absolute Gasteiger partial charge is 0.310 e. The normalized spacial score (nSPS) is 17.9. The van der Waals surface area contributed by atoms with Crippen LogP contribution in [0.4, 0.5) is 0 Å². The Hall–Kier alpha value is -0.380. The van der Waals surface area contributed by atoms with Crippen LogP contribution < -0.4 is 5.32 Å². The highest BCUT2D eigenvalue weighted by atomic mass is 79.9. The van der Waals surface area contributed by atoms with E-state index in [4.69, 9.17) is 0 Å². The predicted molar refractivity (Wildman–Crippen MR) is 92.5 cm³/mol. The summed E-state index contributed by atoms with van der Waals surface area (Å²) in [4.78, 5) is 0. The van der Waals surface area contributed by atoms with E-state index in [1.54, 1.807) is 0 Å². The van der Waals surface area contributed by atoms with Crippen LogP contribution in [-0.4, -0.2) is 6.54 Å². The lowest BCUT2D eigenvalue weighted by Crippen LogP contribution is -2.27. The number of halogens is 1. The molecule has 1 heterocycles. The minimum atomic E-state index is 0.542. The van der Waals surface area contributed by atoms with Crippen molar-refractivity contribution in [3.63, 3.8) is 0 Å². The van der Waals surface area contributed by atoms with E-state index in [0.29, 0.717) is 6.04 Å². The number of rotatable bonds is 5. The van der Waals surface area contributed by atoms with Gasteiger partial charge in [0, 0.05) is 15.2 Å². The topological polar surface area (TPSA) is 12.0 Å². The van der Waals surface area contributed by atoms with Gasteiger partial charge in [0.2, 0.25) is 0 Å². The number of nitrogens with one attached hydrogen (secondary N) is 1. The summed E-state index contributed by atoms with van der Waals surface area (Å²) >= 11 is 5.56. The van der Waals surface area contributed by atoms with Crippen molar-refractivity contribution in [2.45, 2.75) is 45.1 Å². The first-order valence-corrected chi connectivity index (χ1v) is 9.37. The summed E-state index contributed by atoms with van der Waals surface area (Å²) in [6, 6.07) is 7.13. The average Bonchev–Trinajstić information content (AvgIpc) is 3.10. The molecule has 0 spiro atoms. The van der Waals surface area contributed by atoms with E-state index in [1.807, 2.05) is 11.3 Å². The Labute approximate surface area is 133 Å². The summed E-state index contributed by atoms with van der Waals surface area (Å²) in [6.45, 7) is 3.37. The van der Waals surface area contributed by atoms with Gasteiger partial charge in [0.1, 0.15) is 0 Å². The molecular weight excluding hydrogens is 330 g/mol. The zero-order valence-corrected chi connectivity index (χ0v) is 14.4. The zero-order chi connectivity index (χ0) is 13.9. The SMILES string of the molecule is CCCNC(c1csc2c(Br)cccc12)C1CCCC1. The predicted octanol–water partition coefficient (Wildman–Crippen LogP) is 5.89. The molecule has 1 unspecified atom stereocenters. The van der Waals surface area contributed by atoms with Crippen LogP contribution in [0.15, 0.2) is 28.1 Å². The van der Waals surface area contributed by atoms with Crippen molar-refractivity contribution in [3.05, 3.63) is 33.6 Å². The molecule has 1 fully saturated rings. The van der Waals surface area contributed by atoms with Gasteiger partial charge in [-0.1, -0.05) is 31.9 Å². The summed E-state index contributed by atoms with van der Waals surface area (Å²) in [7, 11) is 0.